The van der Waals surface area contributed by atoms with E-state index < -0.39 is 17.7 Å². The maximum Gasteiger partial charge on any atom is 0.133 e. The van der Waals surface area contributed by atoms with Gasteiger partial charge < -0.3 is 5.11 Å². The van der Waals surface area contributed by atoms with Crippen LogP contribution < -0.4 is 0 Å². The SMILES string of the molecule is CC(O)c1c(F)cc(Br)cc1F. The van der Waals surface area contributed by atoms with Crippen LogP contribution in [0.4, 0.5) is 8.78 Å². The summed E-state index contributed by atoms with van der Waals surface area (Å²) in [6, 6.07) is 2.23. The van der Waals surface area contributed by atoms with Crippen molar-refractivity contribution < 1.29 is 13.9 Å². The maximum absolute atomic E-state index is 12.9. The number of aliphatic hydroxyl groups excluding tert-OH is 1. The van der Waals surface area contributed by atoms with Crippen LogP contribution in [0.3, 0.4) is 0 Å². The first-order valence-electron chi connectivity index (χ1n) is 3.35. The molecule has 1 rings (SSSR count). The van der Waals surface area contributed by atoms with Gasteiger partial charge in [-0.1, -0.05) is 15.9 Å². The van der Waals surface area contributed by atoms with Crippen molar-refractivity contribution in [3.63, 3.8) is 0 Å². The van der Waals surface area contributed by atoms with Crippen LogP contribution in [-0.2, 0) is 0 Å². The topological polar surface area (TPSA) is 20.2 Å². The van der Waals surface area contributed by atoms with Crippen LogP contribution in [0.1, 0.15) is 18.6 Å². The molecule has 0 saturated heterocycles. The second-order valence-electron chi connectivity index (χ2n) is 2.46. The van der Waals surface area contributed by atoms with E-state index in [1.54, 1.807) is 0 Å². The van der Waals surface area contributed by atoms with Gasteiger partial charge in [0.2, 0.25) is 0 Å². The Hall–Kier alpha value is -0.480. The average Bonchev–Trinajstić information content (AvgIpc) is 1.82. The van der Waals surface area contributed by atoms with E-state index in [9.17, 15) is 8.78 Å². The summed E-state index contributed by atoms with van der Waals surface area (Å²) in [5, 5.41) is 8.98. The molecule has 1 aromatic rings. The van der Waals surface area contributed by atoms with E-state index >= 15 is 0 Å². The standard InChI is InChI=1S/C8H7BrF2O/c1-4(12)8-6(10)2-5(9)3-7(8)11/h2-4,12H,1H3. The van der Waals surface area contributed by atoms with Gasteiger partial charge in [0.15, 0.2) is 0 Å². The fourth-order valence-electron chi connectivity index (χ4n) is 0.952. The van der Waals surface area contributed by atoms with Gasteiger partial charge in [0.25, 0.3) is 0 Å². The lowest BCUT2D eigenvalue weighted by Gasteiger charge is -2.07. The first-order valence-corrected chi connectivity index (χ1v) is 4.14. The van der Waals surface area contributed by atoms with E-state index in [4.69, 9.17) is 5.11 Å². The van der Waals surface area contributed by atoms with Crippen molar-refractivity contribution in [2.24, 2.45) is 0 Å². The Bertz CT molecular complexity index is 276. The molecule has 0 bridgehead atoms. The fraction of sp³-hybridized carbons (Fsp3) is 0.250. The minimum absolute atomic E-state index is 0.293. The van der Waals surface area contributed by atoms with Crippen LogP contribution in [0.15, 0.2) is 16.6 Å². The third kappa shape index (κ3) is 1.81. The monoisotopic (exact) mass is 236 g/mol. The Morgan fingerprint density at radius 1 is 1.33 bits per heavy atom. The lowest BCUT2D eigenvalue weighted by Crippen LogP contribution is -2.00. The Morgan fingerprint density at radius 3 is 2.08 bits per heavy atom. The predicted molar refractivity (Wildman–Crippen MR) is 44.7 cm³/mol. The lowest BCUT2D eigenvalue weighted by atomic mass is 10.1. The molecule has 0 radical (unpaired) electrons. The molecule has 0 aliphatic rings. The number of aliphatic hydroxyl groups is 1. The van der Waals surface area contributed by atoms with E-state index in [1.165, 1.54) is 6.92 Å². The summed E-state index contributed by atoms with van der Waals surface area (Å²) in [4.78, 5) is 0. The highest BCUT2D eigenvalue weighted by Crippen LogP contribution is 2.24. The molecule has 0 aliphatic heterocycles. The molecule has 1 atom stereocenters. The average molecular weight is 237 g/mol. The van der Waals surface area contributed by atoms with Gasteiger partial charge in [0, 0.05) is 4.47 Å². The van der Waals surface area contributed by atoms with Crippen molar-refractivity contribution >= 4 is 15.9 Å². The molecule has 0 aromatic heterocycles. The smallest absolute Gasteiger partial charge is 0.133 e. The molecular weight excluding hydrogens is 230 g/mol. The first-order chi connectivity index (χ1) is 5.52. The van der Waals surface area contributed by atoms with Gasteiger partial charge >= 0.3 is 0 Å². The maximum atomic E-state index is 12.9. The number of halogens is 3. The molecule has 66 valence electrons. The van der Waals surface area contributed by atoms with Crippen molar-refractivity contribution in [2.45, 2.75) is 13.0 Å². The van der Waals surface area contributed by atoms with Crippen molar-refractivity contribution in [3.05, 3.63) is 33.8 Å². The van der Waals surface area contributed by atoms with Crippen molar-refractivity contribution in [2.75, 3.05) is 0 Å². The zero-order valence-electron chi connectivity index (χ0n) is 6.31. The molecule has 1 N–H and O–H groups in total. The van der Waals surface area contributed by atoms with Crippen LogP contribution >= 0.6 is 15.9 Å². The number of hydrogen-bond donors (Lipinski definition) is 1. The minimum Gasteiger partial charge on any atom is -0.388 e. The van der Waals surface area contributed by atoms with Crippen LogP contribution in [0.2, 0.25) is 0 Å². The molecule has 1 nitrogen and oxygen atoms in total. The summed E-state index contributed by atoms with van der Waals surface area (Å²) in [6.07, 6.45) is -1.13. The zero-order valence-corrected chi connectivity index (χ0v) is 7.90. The third-order valence-corrected chi connectivity index (χ3v) is 1.92. The van der Waals surface area contributed by atoms with Gasteiger partial charge in [-0.2, -0.15) is 0 Å². The molecule has 0 aliphatic carbocycles. The Kier molecular flexibility index (Phi) is 2.80. The molecule has 1 unspecified atom stereocenters. The zero-order chi connectivity index (χ0) is 9.30. The predicted octanol–water partition coefficient (Wildman–Crippen LogP) is 2.78. The van der Waals surface area contributed by atoms with Gasteiger partial charge in [-0.05, 0) is 19.1 Å². The van der Waals surface area contributed by atoms with Crippen LogP contribution in [0.5, 0.6) is 0 Å². The summed E-state index contributed by atoms with van der Waals surface area (Å²) in [5.41, 5.74) is -0.293. The highest BCUT2D eigenvalue weighted by atomic mass is 79.9. The summed E-state index contributed by atoms with van der Waals surface area (Å²) in [6.45, 7) is 1.31. The summed E-state index contributed by atoms with van der Waals surface area (Å²) < 4.78 is 26.2. The quantitative estimate of drug-likeness (QED) is 0.796. The second-order valence-corrected chi connectivity index (χ2v) is 3.37. The molecule has 0 saturated carbocycles. The van der Waals surface area contributed by atoms with Crippen LogP contribution in [0, 0.1) is 11.6 Å². The van der Waals surface area contributed by atoms with Crippen LogP contribution in [0.25, 0.3) is 0 Å². The fourth-order valence-corrected chi connectivity index (χ4v) is 1.35. The normalized spacial score (nSPS) is 13.1. The molecule has 0 heterocycles. The van der Waals surface area contributed by atoms with Crippen molar-refractivity contribution in [1.29, 1.82) is 0 Å². The van der Waals surface area contributed by atoms with E-state index in [2.05, 4.69) is 15.9 Å². The molecule has 0 spiro atoms. The highest BCUT2D eigenvalue weighted by molar-refractivity contribution is 9.10. The molecule has 0 fully saturated rings. The van der Waals surface area contributed by atoms with Gasteiger partial charge in [-0.3, -0.25) is 0 Å². The Morgan fingerprint density at radius 2 is 1.75 bits per heavy atom. The highest BCUT2D eigenvalue weighted by Gasteiger charge is 2.14. The molecule has 1 aromatic carbocycles. The number of benzene rings is 1. The number of rotatable bonds is 1. The largest absolute Gasteiger partial charge is 0.388 e. The van der Waals surface area contributed by atoms with E-state index in [0.29, 0.717) is 4.47 Å². The molecule has 0 amide bonds. The summed E-state index contributed by atoms with van der Waals surface area (Å²) in [7, 11) is 0. The van der Waals surface area contributed by atoms with Crippen LogP contribution in [-0.4, -0.2) is 5.11 Å². The molecule has 4 heteroatoms. The van der Waals surface area contributed by atoms with Gasteiger partial charge in [-0.25, -0.2) is 8.78 Å². The van der Waals surface area contributed by atoms with Gasteiger partial charge in [0.1, 0.15) is 11.6 Å². The second kappa shape index (κ2) is 3.49. The summed E-state index contributed by atoms with van der Waals surface area (Å²) in [5.74, 6) is -1.48. The Balaban J connectivity index is 3.28. The molecular formula is C8H7BrF2O. The first kappa shape index (κ1) is 9.61. The summed E-state index contributed by atoms with van der Waals surface area (Å²) >= 11 is 2.93. The minimum atomic E-state index is -1.13. The van der Waals surface area contributed by atoms with Crippen molar-refractivity contribution in [3.8, 4) is 0 Å². The Labute approximate surface area is 77.2 Å². The van der Waals surface area contributed by atoms with E-state index in [-0.39, 0.29) is 5.56 Å². The molecule has 12 heavy (non-hydrogen) atoms. The number of hydrogen-bond acceptors (Lipinski definition) is 1. The lowest BCUT2D eigenvalue weighted by molar-refractivity contribution is 0.188. The third-order valence-electron chi connectivity index (χ3n) is 1.46. The van der Waals surface area contributed by atoms with Gasteiger partial charge in [0.05, 0.1) is 11.7 Å². The van der Waals surface area contributed by atoms with Gasteiger partial charge in [-0.15, -0.1) is 0 Å². The van der Waals surface area contributed by atoms with Crippen molar-refractivity contribution in [1.82, 2.24) is 0 Å². The van der Waals surface area contributed by atoms with E-state index in [1.807, 2.05) is 0 Å². The van der Waals surface area contributed by atoms with E-state index in [0.717, 1.165) is 12.1 Å².